The summed E-state index contributed by atoms with van der Waals surface area (Å²) in [5.74, 6) is -0.535. The van der Waals surface area contributed by atoms with Gasteiger partial charge in [0.25, 0.3) is 5.91 Å². The van der Waals surface area contributed by atoms with Gasteiger partial charge in [0, 0.05) is 16.3 Å². The van der Waals surface area contributed by atoms with Gasteiger partial charge in [-0.1, -0.05) is 12.1 Å². The molecule has 2 aromatic rings. The van der Waals surface area contributed by atoms with Crippen molar-refractivity contribution in [3.8, 4) is 0 Å². The predicted octanol–water partition coefficient (Wildman–Crippen LogP) is -0.300. The lowest BCUT2D eigenvalue weighted by atomic mass is 10.1. The number of primary sulfonamides is 2. The molecule has 2 aromatic carbocycles. The lowest BCUT2D eigenvalue weighted by Gasteiger charge is -2.10. The van der Waals surface area contributed by atoms with E-state index in [-0.39, 0.29) is 22.0 Å². The van der Waals surface area contributed by atoms with Crippen LogP contribution in [0.4, 0.5) is 5.69 Å². The van der Waals surface area contributed by atoms with Gasteiger partial charge in [0.05, 0.1) is 10.6 Å². The van der Waals surface area contributed by atoms with E-state index < -0.39 is 35.7 Å². The number of carbonyl (C=O) groups is 1. The first-order valence-electron chi connectivity index (χ1n) is 5.57. The molecule has 1 heterocycles. The molecule has 0 atom stereocenters. The van der Waals surface area contributed by atoms with Gasteiger partial charge in [-0.25, -0.2) is 27.1 Å². The molecule has 8 nitrogen and oxygen atoms in total. The SMILES string of the molecule is NS(=O)(=O)c1cc(S(N)(=O)=O)c2cccc3c2c1NC3=O. The zero-order valence-corrected chi connectivity index (χ0v) is 12.0. The summed E-state index contributed by atoms with van der Waals surface area (Å²) >= 11 is 0. The number of hydrogen-bond acceptors (Lipinski definition) is 5. The van der Waals surface area contributed by atoms with E-state index in [9.17, 15) is 21.6 Å². The Bertz CT molecular complexity index is 1030. The van der Waals surface area contributed by atoms with Crippen LogP contribution in [-0.4, -0.2) is 22.7 Å². The first-order chi connectivity index (χ1) is 9.60. The number of anilines is 1. The third kappa shape index (κ3) is 2.00. The second-order valence-corrected chi connectivity index (χ2v) is 7.58. The molecule has 110 valence electrons. The van der Waals surface area contributed by atoms with Crippen molar-refractivity contribution in [2.45, 2.75) is 9.79 Å². The first kappa shape index (κ1) is 13.9. The number of carbonyl (C=O) groups excluding carboxylic acids is 1. The average molecular weight is 327 g/mol. The van der Waals surface area contributed by atoms with Gasteiger partial charge < -0.3 is 5.32 Å². The Balaban J connectivity index is 2.64. The largest absolute Gasteiger partial charge is 0.320 e. The molecule has 0 saturated carbocycles. The van der Waals surface area contributed by atoms with Crippen molar-refractivity contribution in [3.05, 3.63) is 29.8 Å². The molecule has 0 aromatic heterocycles. The summed E-state index contributed by atoms with van der Waals surface area (Å²) in [5, 5.41) is 12.9. The Morgan fingerprint density at radius 1 is 0.952 bits per heavy atom. The molecule has 0 radical (unpaired) electrons. The van der Waals surface area contributed by atoms with E-state index in [0.717, 1.165) is 6.07 Å². The molecule has 0 saturated heterocycles. The topological polar surface area (TPSA) is 149 Å². The van der Waals surface area contributed by atoms with Crippen LogP contribution in [0, 0.1) is 0 Å². The van der Waals surface area contributed by atoms with E-state index in [0.29, 0.717) is 0 Å². The van der Waals surface area contributed by atoms with E-state index >= 15 is 0 Å². The quantitative estimate of drug-likeness (QED) is 0.692. The molecule has 0 spiro atoms. The average Bonchev–Trinajstić information content (AvgIpc) is 2.66. The Morgan fingerprint density at radius 3 is 2.14 bits per heavy atom. The summed E-state index contributed by atoms with van der Waals surface area (Å²) < 4.78 is 46.7. The second-order valence-electron chi connectivity index (χ2n) is 4.52. The molecular formula is C11H9N3O5S2. The predicted molar refractivity (Wildman–Crippen MR) is 74.6 cm³/mol. The first-order valence-corrected chi connectivity index (χ1v) is 8.66. The third-order valence-electron chi connectivity index (χ3n) is 3.18. The Labute approximate surface area is 119 Å². The van der Waals surface area contributed by atoms with Crippen LogP contribution in [0.5, 0.6) is 0 Å². The highest BCUT2D eigenvalue weighted by Crippen LogP contribution is 2.40. The van der Waals surface area contributed by atoms with Gasteiger partial charge in [0.1, 0.15) is 4.90 Å². The molecule has 1 aliphatic heterocycles. The fourth-order valence-electron chi connectivity index (χ4n) is 2.37. The molecule has 10 heteroatoms. The lowest BCUT2D eigenvalue weighted by molar-refractivity contribution is 0.103. The van der Waals surface area contributed by atoms with E-state index in [2.05, 4.69) is 5.32 Å². The number of benzene rings is 2. The minimum absolute atomic E-state index is 0.0273. The molecule has 0 unspecified atom stereocenters. The summed E-state index contributed by atoms with van der Waals surface area (Å²) in [6.45, 7) is 0. The molecule has 1 amide bonds. The summed E-state index contributed by atoms with van der Waals surface area (Å²) in [4.78, 5) is 11.0. The summed E-state index contributed by atoms with van der Waals surface area (Å²) in [5.41, 5.74) is 0.137. The zero-order chi connectivity index (χ0) is 15.6. The Morgan fingerprint density at radius 2 is 1.57 bits per heavy atom. The van der Waals surface area contributed by atoms with Gasteiger partial charge in [-0.05, 0) is 12.1 Å². The van der Waals surface area contributed by atoms with Crippen LogP contribution in [0.15, 0.2) is 34.1 Å². The van der Waals surface area contributed by atoms with Gasteiger partial charge in [0.15, 0.2) is 0 Å². The van der Waals surface area contributed by atoms with Crippen molar-refractivity contribution in [1.82, 2.24) is 0 Å². The van der Waals surface area contributed by atoms with Crippen molar-refractivity contribution in [2.24, 2.45) is 10.3 Å². The number of sulfonamides is 2. The molecule has 21 heavy (non-hydrogen) atoms. The summed E-state index contributed by atoms with van der Waals surface area (Å²) in [6, 6.07) is 5.23. The standard InChI is InChI=1S/C11H9N3O5S2/c12-20(16,17)7-4-8(21(13,18)19)10-9-5(7)2-1-3-6(9)11(15)14-10/h1-4H,(H,14,15)(H2,12,16,17)(H2,13,18,19). The highest BCUT2D eigenvalue weighted by Gasteiger charge is 2.31. The molecule has 1 aliphatic rings. The smallest absolute Gasteiger partial charge is 0.256 e. The number of nitrogens with one attached hydrogen (secondary N) is 1. The van der Waals surface area contributed by atoms with Gasteiger partial charge in [-0.3, -0.25) is 4.79 Å². The Kier molecular flexibility index (Phi) is 2.66. The molecule has 0 aliphatic carbocycles. The summed E-state index contributed by atoms with van der Waals surface area (Å²) in [6.07, 6.45) is 0. The maximum absolute atomic E-state index is 11.9. The molecular weight excluding hydrogens is 318 g/mol. The highest BCUT2D eigenvalue weighted by atomic mass is 32.2. The van der Waals surface area contributed by atoms with Crippen LogP contribution in [0.3, 0.4) is 0 Å². The van der Waals surface area contributed by atoms with Gasteiger partial charge in [-0.2, -0.15) is 0 Å². The number of amides is 1. The monoisotopic (exact) mass is 327 g/mol. The van der Waals surface area contributed by atoms with Gasteiger partial charge in [-0.15, -0.1) is 0 Å². The maximum Gasteiger partial charge on any atom is 0.256 e. The third-order valence-corrected chi connectivity index (χ3v) is 5.07. The molecule has 5 N–H and O–H groups in total. The van der Waals surface area contributed by atoms with Crippen molar-refractivity contribution in [2.75, 3.05) is 5.32 Å². The number of rotatable bonds is 2. The lowest BCUT2D eigenvalue weighted by Crippen LogP contribution is -2.18. The van der Waals surface area contributed by atoms with Crippen molar-refractivity contribution in [3.63, 3.8) is 0 Å². The fraction of sp³-hybridized carbons (Fsp3) is 0. The molecule has 0 fully saturated rings. The second kappa shape index (κ2) is 4.01. The molecule has 0 bridgehead atoms. The van der Waals surface area contributed by atoms with E-state index in [1.807, 2.05) is 0 Å². The van der Waals surface area contributed by atoms with Crippen LogP contribution in [-0.2, 0) is 20.0 Å². The fourth-order valence-corrected chi connectivity index (χ4v) is 3.93. The Hall–Kier alpha value is -2.01. The van der Waals surface area contributed by atoms with Crippen molar-refractivity contribution in [1.29, 1.82) is 0 Å². The van der Waals surface area contributed by atoms with Crippen molar-refractivity contribution >= 4 is 42.4 Å². The van der Waals surface area contributed by atoms with Crippen LogP contribution >= 0.6 is 0 Å². The van der Waals surface area contributed by atoms with E-state index in [4.69, 9.17) is 10.3 Å². The minimum Gasteiger partial charge on any atom is -0.320 e. The summed E-state index contributed by atoms with van der Waals surface area (Å²) in [7, 11) is -8.44. The highest BCUT2D eigenvalue weighted by molar-refractivity contribution is 7.90. The van der Waals surface area contributed by atoms with E-state index in [1.54, 1.807) is 0 Å². The van der Waals surface area contributed by atoms with Crippen LogP contribution < -0.4 is 15.6 Å². The van der Waals surface area contributed by atoms with Crippen LogP contribution in [0.2, 0.25) is 0 Å². The zero-order valence-electron chi connectivity index (χ0n) is 10.3. The normalized spacial score (nSPS) is 14.5. The maximum atomic E-state index is 11.9. The number of hydrogen-bond donors (Lipinski definition) is 3. The minimum atomic E-state index is -4.24. The van der Waals surface area contributed by atoms with Crippen molar-refractivity contribution < 1.29 is 21.6 Å². The number of nitrogens with two attached hydrogens (primary N) is 2. The van der Waals surface area contributed by atoms with Crippen LogP contribution in [0.1, 0.15) is 10.4 Å². The van der Waals surface area contributed by atoms with Crippen LogP contribution in [0.25, 0.3) is 10.8 Å². The van der Waals surface area contributed by atoms with Gasteiger partial charge in [0.2, 0.25) is 20.0 Å². The van der Waals surface area contributed by atoms with E-state index in [1.165, 1.54) is 18.2 Å². The molecule has 3 rings (SSSR count). The van der Waals surface area contributed by atoms with Gasteiger partial charge >= 0.3 is 0 Å².